The van der Waals surface area contributed by atoms with Crippen LogP contribution in [-0.4, -0.2) is 70.1 Å². The van der Waals surface area contributed by atoms with Gasteiger partial charge < -0.3 is 24.4 Å². The van der Waals surface area contributed by atoms with E-state index in [1.807, 2.05) is 44.0 Å². The summed E-state index contributed by atoms with van der Waals surface area (Å²) in [5.74, 6) is 0.475. The minimum Gasteiger partial charge on any atom is -0.444 e. The molecule has 3 amide bonds. The monoisotopic (exact) mass is 486 g/mol. The van der Waals surface area contributed by atoms with E-state index in [0.29, 0.717) is 24.7 Å². The quantitative estimate of drug-likeness (QED) is 0.685. The molecule has 3 aliphatic rings. The van der Waals surface area contributed by atoms with Crippen molar-refractivity contribution in [3.63, 3.8) is 0 Å². The van der Waals surface area contributed by atoms with Gasteiger partial charge in [-0.25, -0.2) is 4.79 Å². The van der Waals surface area contributed by atoms with Crippen LogP contribution in [0.1, 0.15) is 95.1 Å². The molecule has 0 radical (unpaired) electrons. The average Bonchev–Trinajstić information content (AvgIpc) is 3.34. The summed E-state index contributed by atoms with van der Waals surface area (Å²) in [5, 5.41) is 3.21. The molecule has 0 bridgehead atoms. The minimum absolute atomic E-state index is 0.0540. The Morgan fingerprint density at radius 2 is 1.51 bits per heavy atom. The number of rotatable bonds is 4. The second-order valence-electron chi connectivity index (χ2n) is 11.4. The van der Waals surface area contributed by atoms with E-state index in [4.69, 9.17) is 4.74 Å². The van der Waals surface area contributed by atoms with E-state index in [2.05, 4.69) is 9.88 Å². The number of ether oxygens (including phenoxy) is 1. The maximum Gasteiger partial charge on any atom is 0.410 e. The number of hydrogen-bond donors (Lipinski definition) is 1. The largest absolute Gasteiger partial charge is 0.444 e. The molecule has 2 aliphatic heterocycles. The molecule has 1 aliphatic carbocycles. The van der Waals surface area contributed by atoms with Crippen molar-refractivity contribution in [2.75, 3.05) is 26.2 Å². The molecule has 0 spiro atoms. The Morgan fingerprint density at radius 1 is 0.886 bits per heavy atom. The molecule has 4 rings (SSSR count). The molecule has 0 atom stereocenters. The van der Waals surface area contributed by atoms with Crippen LogP contribution in [-0.2, 0) is 9.53 Å². The van der Waals surface area contributed by atoms with Crippen molar-refractivity contribution in [1.82, 2.24) is 19.7 Å². The molecule has 3 heterocycles. The molecule has 1 saturated carbocycles. The third-order valence-electron chi connectivity index (χ3n) is 7.62. The van der Waals surface area contributed by atoms with Crippen LogP contribution in [0.5, 0.6) is 0 Å². The topological polar surface area (TPSA) is 83.9 Å². The Hall–Kier alpha value is -2.51. The number of carbonyl (C=O) groups excluding carboxylic acids is 3. The molecule has 8 nitrogen and oxygen atoms in total. The highest BCUT2D eigenvalue weighted by molar-refractivity contribution is 5.93. The number of hydrogen-bond acceptors (Lipinski definition) is 4. The molecule has 194 valence electrons. The Kier molecular flexibility index (Phi) is 8.07. The zero-order chi connectivity index (χ0) is 25.0. The Morgan fingerprint density at radius 3 is 2.14 bits per heavy atom. The summed E-state index contributed by atoms with van der Waals surface area (Å²) in [7, 11) is 0. The van der Waals surface area contributed by atoms with Crippen LogP contribution in [0.15, 0.2) is 18.3 Å². The van der Waals surface area contributed by atoms with Crippen LogP contribution >= 0.6 is 0 Å². The van der Waals surface area contributed by atoms with Gasteiger partial charge in [0.05, 0.1) is 0 Å². The maximum atomic E-state index is 13.1. The van der Waals surface area contributed by atoms with Gasteiger partial charge in [-0.05, 0) is 71.4 Å². The number of nitrogens with one attached hydrogen (secondary N) is 1. The fraction of sp³-hybridized carbons (Fsp3) is 0.741. The smallest absolute Gasteiger partial charge is 0.410 e. The van der Waals surface area contributed by atoms with Gasteiger partial charge >= 0.3 is 6.09 Å². The number of piperidine rings is 2. The van der Waals surface area contributed by atoms with Crippen molar-refractivity contribution in [2.45, 2.75) is 96.2 Å². The lowest BCUT2D eigenvalue weighted by atomic mass is 9.87. The van der Waals surface area contributed by atoms with Crippen molar-refractivity contribution in [3.8, 4) is 0 Å². The van der Waals surface area contributed by atoms with Crippen LogP contribution in [0.4, 0.5) is 4.79 Å². The van der Waals surface area contributed by atoms with Gasteiger partial charge in [-0.3, -0.25) is 9.59 Å². The van der Waals surface area contributed by atoms with Gasteiger partial charge in [-0.2, -0.15) is 0 Å². The number of aromatic nitrogens is 1. The standard InChI is InChI=1S/C27H42N4O4/c1-27(2,3)35-26(34)30-18-13-22(14-19-30)31-15-7-10-23(31)24(32)28-21-11-16-29(17-12-21)25(33)20-8-5-4-6-9-20/h7,10,15,20-22H,4-6,8-9,11-14,16-19H2,1-3H3,(H,28,32). The van der Waals surface area contributed by atoms with Crippen LogP contribution in [0.2, 0.25) is 0 Å². The first-order valence-electron chi connectivity index (χ1n) is 13.5. The lowest BCUT2D eigenvalue weighted by Gasteiger charge is -2.36. The molecule has 1 aromatic rings. The van der Waals surface area contributed by atoms with E-state index in [-0.39, 0.29) is 30.0 Å². The molecule has 0 unspecified atom stereocenters. The SMILES string of the molecule is CC(C)(C)OC(=O)N1CCC(n2cccc2C(=O)NC2CCN(C(=O)C3CCCCC3)CC2)CC1. The highest BCUT2D eigenvalue weighted by Crippen LogP contribution is 2.28. The predicted octanol–water partition coefficient (Wildman–Crippen LogP) is 4.36. The summed E-state index contributed by atoms with van der Waals surface area (Å²) < 4.78 is 7.56. The number of amides is 3. The molecule has 3 fully saturated rings. The summed E-state index contributed by atoms with van der Waals surface area (Å²) in [5.41, 5.74) is 0.167. The van der Waals surface area contributed by atoms with Gasteiger partial charge in [0.15, 0.2) is 0 Å². The van der Waals surface area contributed by atoms with E-state index >= 15 is 0 Å². The first kappa shape index (κ1) is 25.6. The Bertz CT molecular complexity index is 883. The van der Waals surface area contributed by atoms with Crippen molar-refractivity contribution in [2.24, 2.45) is 5.92 Å². The van der Waals surface area contributed by atoms with E-state index in [1.54, 1.807) is 4.90 Å². The Labute approximate surface area is 209 Å². The lowest BCUT2D eigenvalue weighted by Crippen LogP contribution is -2.48. The lowest BCUT2D eigenvalue weighted by molar-refractivity contribution is -0.137. The molecule has 0 aromatic carbocycles. The van der Waals surface area contributed by atoms with Crippen LogP contribution in [0, 0.1) is 5.92 Å². The molecule has 1 N–H and O–H groups in total. The van der Waals surface area contributed by atoms with Gasteiger partial charge in [0.2, 0.25) is 5.91 Å². The van der Waals surface area contributed by atoms with E-state index in [0.717, 1.165) is 51.6 Å². The second kappa shape index (κ2) is 11.0. The number of nitrogens with zero attached hydrogens (tertiary/aromatic N) is 3. The van der Waals surface area contributed by atoms with Crippen LogP contribution < -0.4 is 5.32 Å². The van der Waals surface area contributed by atoms with Crippen molar-refractivity contribution in [1.29, 1.82) is 0 Å². The van der Waals surface area contributed by atoms with E-state index in [1.165, 1.54) is 19.3 Å². The molecular weight excluding hydrogens is 444 g/mol. The summed E-state index contributed by atoms with van der Waals surface area (Å²) in [6.07, 6.45) is 10.5. The van der Waals surface area contributed by atoms with Gasteiger partial charge in [0.1, 0.15) is 11.3 Å². The molecule has 8 heteroatoms. The van der Waals surface area contributed by atoms with Crippen molar-refractivity contribution in [3.05, 3.63) is 24.0 Å². The Balaban J connectivity index is 1.26. The third-order valence-corrected chi connectivity index (χ3v) is 7.62. The summed E-state index contributed by atoms with van der Waals surface area (Å²) in [6.45, 7) is 8.32. The maximum absolute atomic E-state index is 13.1. The van der Waals surface area contributed by atoms with E-state index in [9.17, 15) is 14.4 Å². The highest BCUT2D eigenvalue weighted by Gasteiger charge is 2.31. The van der Waals surface area contributed by atoms with E-state index < -0.39 is 5.60 Å². The molecule has 35 heavy (non-hydrogen) atoms. The van der Waals surface area contributed by atoms with Gasteiger partial charge in [-0.1, -0.05) is 19.3 Å². The summed E-state index contributed by atoms with van der Waals surface area (Å²) in [4.78, 5) is 42.1. The first-order chi connectivity index (χ1) is 16.7. The van der Waals surface area contributed by atoms with Gasteiger partial charge in [-0.15, -0.1) is 0 Å². The molecular formula is C27H42N4O4. The summed E-state index contributed by atoms with van der Waals surface area (Å²) >= 11 is 0. The fourth-order valence-corrected chi connectivity index (χ4v) is 5.67. The third kappa shape index (κ3) is 6.58. The zero-order valence-corrected chi connectivity index (χ0v) is 21.6. The minimum atomic E-state index is -0.501. The number of carbonyl (C=O) groups is 3. The normalized spacial score (nSPS) is 21.1. The summed E-state index contributed by atoms with van der Waals surface area (Å²) in [6, 6.07) is 4.06. The van der Waals surface area contributed by atoms with Crippen molar-refractivity contribution >= 4 is 17.9 Å². The van der Waals surface area contributed by atoms with Crippen molar-refractivity contribution < 1.29 is 19.1 Å². The zero-order valence-electron chi connectivity index (χ0n) is 21.6. The highest BCUT2D eigenvalue weighted by atomic mass is 16.6. The second-order valence-corrected chi connectivity index (χ2v) is 11.4. The number of likely N-dealkylation sites (tertiary alicyclic amines) is 2. The fourth-order valence-electron chi connectivity index (χ4n) is 5.67. The van der Waals surface area contributed by atoms with Crippen LogP contribution in [0.25, 0.3) is 0 Å². The molecule has 2 saturated heterocycles. The average molecular weight is 487 g/mol. The van der Waals surface area contributed by atoms with Gasteiger partial charge in [0.25, 0.3) is 5.91 Å². The van der Waals surface area contributed by atoms with Crippen LogP contribution in [0.3, 0.4) is 0 Å². The first-order valence-corrected chi connectivity index (χ1v) is 13.5. The van der Waals surface area contributed by atoms with Gasteiger partial charge in [0, 0.05) is 50.4 Å². The molecule has 1 aromatic heterocycles. The predicted molar refractivity (Wildman–Crippen MR) is 134 cm³/mol.